The largest absolute Gasteiger partial charge is 0.479 e. The first-order valence-corrected chi connectivity index (χ1v) is 13.3. The molecule has 0 bridgehead atoms. The molecule has 39 heavy (non-hydrogen) atoms. The van der Waals surface area contributed by atoms with E-state index in [1.165, 1.54) is 36.4 Å². The van der Waals surface area contributed by atoms with Crippen LogP contribution in [-0.4, -0.2) is 60.3 Å². The first-order chi connectivity index (χ1) is 18.5. The second-order valence-electron chi connectivity index (χ2n) is 7.64. The Balaban J connectivity index is 1.69. The highest BCUT2D eigenvalue weighted by Crippen LogP contribution is 2.37. The molecule has 1 aliphatic heterocycles. The summed E-state index contributed by atoms with van der Waals surface area (Å²) in [5, 5.41) is 2.15. The van der Waals surface area contributed by atoms with E-state index in [-0.39, 0.29) is 50.2 Å². The molecule has 14 heteroatoms. The molecule has 1 fully saturated rings. The highest BCUT2D eigenvalue weighted by atomic mass is 35.5. The summed E-state index contributed by atoms with van der Waals surface area (Å²) < 4.78 is 15.0. The number of rotatable bonds is 10. The summed E-state index contributed by atoms with van der Waals surface area (Å²) in [6.07, 6.45) is 1.39. The SMILES string of the molecule is CCOC(=O)COc1c(Cl)cc(/C=C2\SC(=O)N(CC(=O)Nc3ccc(Cl)c(C(=O)OCC)c3)C2=O)cc1Cl. The van der Waals surface area contributed by atoms with Crippen LogP contribution in [0.1, 0.15) is 29.8 Å². The number of nitrogens with one attached hydrogen (secondary N) is 1. The Morgan fingerprint density at radius 3 is 2.28 bits per heavy atom. The molecule has 1 saturated heterocycles. The molecule has 3 rings (SSSR count). The zero-order valence-electron chi connectivity index (χ0n) is 20.5. The van der Waals surface area contributed by atoms with Gasteiger partial charge in [0.1, 0.15) is 6.54 Å². The predicted octanol–water partition coefficient (Wildman–Crippen LogP) is 5.44. The Morgan fingerprint density at radius 1 is 0.974 bits per heavy atom. The molecule has 0 saturated carbocycles. The maximum atomic E-state index is 12.9. The molecule has 1 heterocycles. The minimum atomic E-state index is -0.696. The van der Waals surface area contributed by atoms with E-state index in [0.29, 0.717) is 17.3 Å². The van der Waals surface area contributed by atoms with Crippen LogP contribution in [0.3, 0.4) is 0 Å². The molecular weight excluding hydrogens is 595 g/mol. The number of thioether (sulfide) groups is 1. The molecule has 0 spiro atoms. The standard InChI is InChI=1S/C25H21Cl3N2O8S/c1-3-36-21(32)12-38-22-17(27)7-13(8-18(22)28)9-19-23(33)30(25(35)39-19)11-20(31)29-14-5-6-16(26)15(10-14)24(34)37-4-2/h5-10H,3-4,11-12H2,1-2H3,(H,29,31)/b19-9-. The van der Waals surface area contributed by atoms with Crippen LogP contribution >= 0.6 is 46.6 Å². The second-order valence-corrected chi connectivity index (χ2v) is 9.85. The Hall–Kier alpha value is -3.25. The number of esters is 2. The maximum absolute atomic E-state index is 12.9. The van der Waals surface area contributed by atoms with Crippen molar-refractivity contribution in [2.75, 3.05) is 31.7 Å². The molecule has 10 nitrogen and oxygen atoms in total. The van der Waals surface area contributed by atoms with E-state index < -0.39 is 42.1 Å². The number of carbonyl (C=O) groups is 5. The normalized spacial score (nSPS) is 14.0. The lowest BCUT2D eigenvalue weighted by atomic mass is 10.2. The predicted molar refractivity (Wildman–Crippen MR) is 147 cm³/mol. The van der Waals surface area contributed by atoms with Crippen molar-refractivity contribution in [1.82, 2.24) is 4.90 Å². The molecule has 206 valence electrons. The van der Waals surface area contributed by atoms with Gasteiger partial charge in [0.25, 0.3) is 11.1 Å². The van der Waals surface area contributed by atoms with E-state index >= 15 is 0 Å². The first-order valence-electron chi connectivity index (χ1n) is 11.3. The zero-order valence-corrected chi connectivity index (χ0v) is 23.6. The molecule has 1 aliphatic rings. The number of carbonyl (C=O) groups excluding carboxylic acids is 5. The van der Waals surface area contributed by atoms with Gasteiger partial charge >= 0.3 is 11.9 Å². The van der Waals surface area contributed by atoms with Crippen molar-refractivity contribution in [3.8, 4) is 5.75 Å². The highest BCUT2D eigenvalue weighted by molar-refractivity contribution is 8.18. The van der Waals surface area contributed by atoms with Crippen molar-refractivity contribution in [2.45, 2.75) is 13.8 Å². The van der Waals surface area contributed by atoms with Gasteiger partial charge in [0.05, 0.1) is 38.8 Å². The molecule has 0 atom stereocenters. The van der Waals surface area contributed by atoms with Crippen molar-refractivity contribution < 1.29 is 38.2 Å². The van der Waals surface area contributed by atoms with Crippen LogP contribution < -0.4 is 10.1 Å². The minimum Gasteiger partial charge on any atom is -0.479 e. The summed E-state index contributed by atoms with van der Waals surface area (Å²) in [7, 11) is 0. The smallest absolute Gasteiger partial charge is 0.344 e. The minimum absolute atomic E-state index is 0.0382. The van der Waals surface area contributed by atoms with Gasteiger partial charge in [-0.25, -0.2) is 9.59 Å². The number of imide groups is 1. The van der Waals surface area contributed by atoms with Gasteiger partial charge < -0.3 is 19.5 Å². The zero-order chi connectivity index (χ0) is 28.7. The van der Waals surface area contributed by atoms with Gasteiger partial charge in [0.15, 0.2) is 12.4 Å². The number of nitrogens with zero attached hydrogens (tertiary/aromatic N) is 1. The third-order valence-corrected chi connectivity index (χ3v) is 6.68. The summed E-state index contributed by atoms with van der Waals surface area (Å²) in [6, 6.07) is 7.09. The molecular formula is C25H21Cl3N2O8S. The number of amides is 3. The number of benzene rings is 2. The van der Waals surface area contributed by atoms with E-state index in [1.807, 2.05) is 0 Å². The molecule has 0 radical (unpaired) electrons. The molecule has 1 N–H and O–H groups in total. The van der Waals surface area contributed by atoms with Crippen molar-refractivity contribution >= 4 is 87.3 Å². The fourth-order valence-corrected chi connectivity index (χ4v) is 4.88. The topological polar surface area (TPSA) is 128 Å². The summed E-state index contributed by atoms with van der Waals surface area (Å²) in [5.41, 5.74) is 0.667. The Labute approximate surface area is 242 Å². The van der Waals surface area contributed by atoms with Gasteiger partial charge in [-0.3, -0.25) is 19.3 Å². The second kappa shape index (κ2) is 13.7. The quantitative estimate of drug-likeness (QED) is 0.274. The summed E-state index contributed by atoms with van der Waals surface area (Å²) in [5.74, 6) is -2.57. The van der Waals surface area contributed by atoms with Gasteiger partial charge in [0, 0.05) is 5.69 Å². The first kappa shape index (κ1) is 30.3. The lowest BCUT2D eigenvalue weighted by molar-refractivity contribution is -0.145. The number of hydrogen-bond acceptors (Lipinski definition) is 9. The number of ether oxygens (including phenoxy) is 3. The Kier molecular flexibility index (Phi) is 10.6. The van der Waals surface area contributed by atoms with Crippen molar-refractivity contribution in [3.63, 3.8) is 0 Å². The van der Waals surface area contributed by atoms with Crippen molar-refractivity contribution in [2.24, 2.45) is 0 Å². The highest BCUT2D eigenvalue weighted by Gasteiger charge is 2.36. The van der Waals surface area contributed by atoms with Crippen LogP contribution in [0.2, 0.25) is 15.1 Å². The van der Waals surface area contributed by atoms with E-state index in [0.717, 1.165) is 4.90 Å². The molecule has 0 unspecified atom stereocenters. The fourth-order valence-electron chi connectivity index (χ4n) is 3.23. The summed E-state index contributed by atoms with van der Waals surface area (Å²) in [6.45, 7) is 2.67. The van der Waals surface area contributed by atoms with Crippen LogP contribution in [0.4, 0.5) is 10.5 Å². The average molecular weight is 616 g/mol. The van der Waals surface area contributed by atoms with Crippen LogP contribution in [0, 0.1) is 0 Å². The van der Waals surface area contributed by atoms with E-state index in [4.69, 9.17) is 49.0 Å². The van der Waals surface area contributed by atoms with E-state index in [9.17, 15) is 24.0 Å². The number of halogens is 3. The number of hydrogen-bond donors (Lipinski definition) is 1. The van der Waals surface area contributed by atoms with Gasteiger partial charge in [-0.15, -0.1) is 0 Å². The lowest BCUT2D eigenvalue weighted by Gasteiger charge is -2.13. The average Bonchev–Trinajstić information content (AvgIpc) is 3.12. The van der Waals surface area contributed by atoms with Gasteiger partial charge in [-0.05, 0) is 67.6 Å². The van der Waals surface area contributed by atoms with Gasteiger partial charge in [-0.2, -0.15) is 0 Å². The lowest BCUT2D eigenvalue weighted by Crippen LogP contribution is -2.36. The summed E-state index contributed by atoms with van der Waals surface area (Å²) in [4.78, 5) is 62.3. The van der Waals surface area contributed by atoms with Crippen molar-refractivity contribution in [1.29, 1.82) is 0 Å². The molecule has 3 amide bonds. The maximum Gasteiger partial charge on any atom is 0.344 e. The van der Waals surface area contributed by atoms with E-state index in [2.05, 4.69) is 5.32 Å². The Morgan fingerprint density at radius 2 is 1.64 bits per heavy atom. The third kappa shape index (κ3) is 7.89. The molecule has 2 aromatic carbocycles. The summed E-state index contributed by atoms with van der Waals surface area (Å²) >= 11 is 19.1. The monoisotopic (exact) mass is 614 g/mol. The molecule has 0 aliphatic carbocycles. The van der Waals surface area contributed by atoms with Crippen LogP contribution in [0.15, 0.2) is 35.2 Å². The fraction of sp³-hybridized carbons (Fsp3) is 0.240. The van der Waals surface area contributed by atoms with Crippen LogP contribution in [0.25, 0.3) is 6.08 Å². The van der Waals surface area contributed by atoms with Crippen LogP contribution in [0.5, 0.6) is 5.75 Å². The molecule has 0 aromatic heterocycles. The van der Waals surface area contributed by atoms with E-state index in [1.54, 1.807) is 13.8 Å². The third-order valence-electron chi connectivity index (χ3n) is 4.88. The Bertz CT molecular complexity index is 1340. The van der Waals surface area contributed by atoms with Crippen LogP contribution in [-0.2, 0) is 23.9 Å². The van der Waals surface area contributed by atoms with Gasteiger partial charge in [-0.1, -0.05) is 34.8 Å². The van der Waals surface area contributed by atoms with Crippen molar-refractivity contribution in [3.05, 3.63) is 61.4 Å². The number of anilines is 1. The van der Waals surface area contributed by atoms with Gasteiger partial charge in [0.2, 0.25) is 5.91 Å². The molecule has 2 aromatic rings.